The fourth-order valence-electron chi connectivity index (χ4n) is 1.29. The molecule has 0 aliphatic carbocycles. The van der Waals surface area contributed by atoms with E-state index in [2.05, 4.69) is 9.40 Å². The molecule has 2 rings (SSSR count). The van der Waals surface area contributed by atoms with Crippen LogP contribution in [0.25, 0.3) is 0 Å². The van der Waals surface area contributed by atoms with Gasteiger partial charge in [0.05, 0.1) is 5.56 Å². The van der Waals surface area contributed by atoms with E-state index in [1.807, 2.05) is 0 Å². The van der Waals surface area contributed by atoms with Crippen LogP contribution >= 0.6 is 0 Å². The largest absolute Gasteiger partial charge is 0.487 e. The smallest absolute Gasteiger partial charge is 0.419 e. The van der Waals surface area contributed by atoms with Crippen molar-refractivity contribution in [1.29, 1.82) is 0 Å². The first kappa shape index (κ1) is 11.5. The lowest BCUT2D eigenvalue weighted by Gasteiger charge is -2.12. The standard InChI is InChI=1S/C11H8F3NO2/c12-11(13,14)9-3-1-2-4-10(9)17-6-8-5-16-7-15-8/h1-5,7H,6H2. The predicted molar refractivity (Wildman–Crippen MR) is 52.3 cm³/mol. The van der Waals surface area contributed by atoms with Crippen LogP contribution in [-0.2, 0) is 12.8 Å². The van der Waals surface area contributed by atoms with Crippen LogP contribution in [0.4, 0.5) is 13.2 Å². The molecule has 6 heteroatoms. The highest BCUT2D eigenvalue weighted by Crippen LogP contribution is 2.36. The average Bonchev–Trinajstić information content (AvgIpc) is 2.78. The van der Waals surface area contributed by atoms with Gasteiger partial charge in [0.15, 0.2) is 6.39 Å². The van der Waals surface area contributed by atoms with E-state index in [0.717, 1.165) is 6.07 Å². The number of benzene rings is 1. The molecule has 2 aromatic rings. The van der Waals surface area contributed by atoms with Crippen LogP contribution in [0.2, 0.25) is 0 Å². The Morgan fingerprint density at radius 2 is 2.00 bits per heavy atom. The lowest BCUT2D eigenvalue weighted by atomic mass is 10.2. The molecule has 0 saturated carbocycles. The normalized spacial score (nSPS) is 11.5. The first-order valence-electron chi connectivity index (χ1n) is 4.73. The van der Waals surface area contributed by atoms with Crippen LogP contribution in [0, 0.1) is 0 Å². The van der Waals surface area contributed by atoms with Crippen LogP contribution in [0.15, 0.2) is 41.3 Å². The number of halogens is 3. The van der Waals surface area contributed by atoms with Crippen molar-refractivity contribution in [3.8, 4) is 5.75 Å². The summed E-state index contributed by atoms with van der Waals surface area (Å²) in [5.74, 6) is -0.219. The van der Waals surface area contributed by atoms with Crippen molar-refractivity contribution in [2.75, 3.05) is 0 Å². The van der Waals surface area contributed by atoms with Crippen LogP contribution in [0.1, 0.15) is 11.3 Å². The molecule has 90 valence electrons. The maximum atomic E-state index is 12.6. The Balaban J connectivity index is 2.16. The van der Waals surface area contributed by atoms with Crippen LogP contribution in [-0.4, -0.2) is 4.98 Å². The third-order valence-electron chi connectivity index (χ3n) is 2.05. The molecule has 0 N–H and O–H groups in total. The highest BCUT2D eigenvalue weighted by atomic mass is 19.4. The van der Waals surface area contributed by atoms with Gasteiger partial charge in [-0.2, -0.15) is 13.2 Å². The number of oxazole rings is 1. The molecule has 0 aliphatic heterocycles. The monoisotopic (exact) mass is 243 g/mol. The zero-order valence-corrected chi connectivity index (χ0v) is 8.57. The van der Waals surface area contributed by atoms with E-state index in [0.29, 0.717) is 5.69 Å². The van der Waals surface area contributed by atoms with E-state index in [4.69, 9.17) is 4.74 Å². The highest BCUT2D eigenvalue weighted by Gasteiger charge is 2.33. The number of rotatable bonds is 3. The topological polar surface area (TPSA) is 35.3 Å². The van der Waals surface area contributed by atoms with Gasteiger partial charge in [-0.1, -0.05) is 12.1 Å². The minimum atomic E-state index is -4.43. The SMILES string of the molecule is FC(F)(F)c1ccccc1OCc1cocn1. The summed E-state index contributed by atoms with van der Waals surface area (Å²) in [5, 5.41) is 0. The van der Waals surface area contributed by atoms with Crippen molar-refractivity contribution in [3.63, 3.8) is 0 Å². The number of alkyl halides is 3. The number of aromatic nitrogens is 1. The Morgan fingerprint density at radius 3 is 2.65 bits per heavy atom. The van der Waals surface area contributed by atoms with Crippen molar-refractivity contribution < 1.29 is 22.3 Å². The minimum absolute atomic E-state index is 0.0659. The fourth-order valence-corrected chi connectivity index (χ4v) is 1.29. The lowest BCUT2D eigenvalue weighted by Crippen LogP contribution is -2.08. The quantitative estimate of drug-likeness (QED) is 0.829. The van der Waals surface area contributed by atoms with Gasteiger partial charge >= 0.3 is 6.18 Å². The van der Waals surface area contributed by atoms with Gasteiger partial charge in [0.25, 0.3) is 0 Å². The Hall–Kier alpha value is -1.98. The van der Waals surface area contributed by atoms with Crippen molar-refractivity contribution in [1.82, 2.24) is 4.98 Å². The van der Waals surface area contributed by atoms with E-state index in [-0.39, 0.29) is 12.4 Å². The summed E-state index contributed by atoms with van der Waals surface area (Å²) >= 11 is 0. The molecule has 0 aliphatic rings. The molecule has 0 saturated heterocycles. The highest BCUT2D eigenvalue weighted by molar-refractivity contribution is 5.35. The Bertz CT molecular complexity index is 480. The minimum Gasteiger partial charge on any atom is -0.487 e. The summed E-state index contributed by atoms with van der Waals surface area (Å²) < 4.78 is 47.6. The Labute approximate surface area is 94.8 Å². The van der Waals surface area contributed by atoms with Crippen LogP contribution in [0.5, 0.6) is 5.75 Å². The number of ether oxygens (including phenoxy) is 1. The first-order chi connectivity index (χ1) is 8.07. The predicted octanol–water partition coefficient (Wildman–Crippen LogP) is 3.27. The van der Waals surface area contributed by atoms with Gasteiger partial charge in [-0.3, -0.25) is 0 Å². The molecular formula is C11H8F3NO2. The molecule has 0 radical (unpaired) electrons. The second kappa shape index (κ2) is 4.48. The van der Waals surface area contributed by atoms with Crippen LogP contribution in [0.3, 0.4) is 0 Å². The molecule has 3 nitrogen and oxygen atoms in total. The van der Waals surface area contributed by atoms with Crippen molar-refractivity contribution >= 4 is 0 Å². The van der Waals surface area contributed by atoms with Gasteiger partial charge < -0.3 is 9.15 Å². The molecule has 0 amide bonds. The molecule has 0 spiro atoms. The number of para-hydroxylation sites is 1. The summed E-state index contributed by atoms with van der Waals surface area (Å²) in [4.78, 5) is 3.75. The molecular weight excluding hydrogens is 235 g/mol. The molecule has 0 bridgehead atoms. The molecule has 0 atom stereocenters. The van der Waals surface area contributed by atoms with Crippen molar-refractivity contribution in [2.24, 2.45) is 0 Å². The third kappa shape index (κ3) is 2.77. The summed E-state index contributed by atoms with van der Waals surface area (Å²) in [6, 6.07) is 5.03. The number of hydrogen-bond acceptors (Lipinski definition) is 3. The molecule has 17 heavy (non-hydrogen) atoms. The van der Waals surface area contributed by atoms with Crippen molar-refractivity contribution in [2.45, 2.75) is 12.8 Å². The molecule has 1 heterocycles. The molecule has 0 unspecified atom stereocenters. The van der Waals surface area contributed by atoms with E-state index < -0.39 is 11.7 Å². The number of nitrogens with zero attached hydrogens (tertiary/aromatic N) is 1. The third-order valence-corrected chi connectivity index (χ3v) is 2.05. The van der Waals surface area contributed by atoms with E-state index in [1.165, 1.54) is 30.9 Å². The van der Waals surface area contributed by atoms with E-state index in [1.54, 1.807) is 0 Å². The second-order valence-corrected chi connectivity index (χ2v) is 3.26. The van der Waals surface area contributed by atoms with Gasteiger partial charge in [-0.25, -0.2) is 4.98 Å². The average molecular weight is 243 g/mol. The fraction of sp³-hybridized carbons (Fsp3) is 0.182. The summed E-state index contributed by atoms with van der Waals surface area (Å²) in [7, 11) is 0. The Kier molecular flexibility index (Phi) is 3.03. The van der Waals surface area contributed by atoms with Crippen molar-refractivity contribution in [3.05, 3.63) is 48.2 Å². The maximum Gasteiger partial charge on any atom is 0.419 e. The van der Waals surface area contributed by atoms with Gasteiger partial charge in [0.2, 0.25) is 0 Å². The second-order valence-electron chi connectivity index (χ2n) is 3.26. The molecule has 1 aromatic heterocycles. The summed E-state index contributed by atoms with van der Waals surface area (Å²) in [6.45, 7) is -0.0659. The van der Waals surface area contributed by atoms with Gasteiger partial charge in [-0.05, 0) is 12.1 Å². The summed E-state index contributed by atoms with van der Waals surface area (Å²) in [5.41, 5.74) is -0.370. The Morgan fingerprint density at radius 1 is 1.24 bits per heavy atom. The zero-order chi connectivity index (χ0) is 12.3. The van der Waals surface area contributed by atoms with Gasteiger partial charge in [0.1, 0.15) is 24.3 Å². The van der Waals surface area contributed by atoms with E-state index >= 15 is 0 Å². The van der Waals surface area contributed by atoms with Gasteiger partial charge in [-0.15, -0.1) is 0 Å². The number of hydrogen-bond donors (Lipinski definition) is 0. The lowest BCUT2D eigenvalue weighted by molar-refractivity contribution is -0.139. The maximum absolute atomic E-state index is 12.6. The first-order valence-corrected chi connectivity index (χ1v) is 4.73. The molecule has 0 fully saturated rings. The van der Waals surface area contributed by atoms with E-state index in [9.17, 15) is 13.2 Å². The van der Waals surface area contributed by atoms with Gasteiger partial charge in [0, 0.05) is 0 Å². The molecule has 1 aromatic carbocycles. The zero-order valence-electron chi connectivity index (χ0n) is 8.57. The van der Waals surface area contributed by atoms with Crippen LogP contribution < -0.4 is 4.74 Å². The summed E-state index contributed by atoms with van der Waals surface area (Å²) in [6.07, 6.45) is -1.93.